The van der Waals surface area contributed by atoms with Crippen molar-refractivity contribution in [2.75, 3.05) is 13.1 Å². The third-order valence-electron chi connectivity index (χ3n) is 4.33. The van der Waals surface area contributed by atoms with E-state index in [0.29, 0.717) is 17.8 Å². The lowest BCUT2D eigenvalue weighted by Crippen LogP contribution is -2.43. The van der Waals surface area contributed by atoms with Crippen molar-refractivity contribution in [3.63, 3.8) is 0 Å². The minimum absolute atomic E-state index is 0.212. The first-order valence-electron chi connectivity index (χ1n) is 7.26. The molecular weight excluding hydrogens is 242 g/mol. The highest BCUT2D eigenvalue weighted by Crippen LogP contribution is 2.51. The Morgan fingerprint density at radius 3 is 2.58 bits per heavy atom. The molecule has 0 aromatic heterocycles. The summed E-state index contributed by atoms with van der Waals surface area (Å²) in [5.41, 5.74) is -0.442. The van der Waals surface area contributed by atoms with Crippen molar-refractivity contribution in [1.82, 2.24) is 4.90 Å². The van der Waals surface area contributed by atoms with Gasteiger partial charge in [-0.15, -0.1) is 0 Å². The Bertz CT molecular complexity index is 361. The zero-order valence-electron chi connectivity index (χ0n) is 12.4. The summed E-state index contributed by atoms with van der Waals surface area (Å²) in [6, 6.07) is 0. The van der Waals surface area contributed by atoms with Gasteiger partial charge in [-0.2, -0.15) is 0 Å². The Balaban J connectivity index is 1.91. The van der Waals surface area contributed by atoms with Crippen LogP contribution in [0.3, 0.4) is 0 Å². The summed E-state index contributed by atoms with van der Waals surface area (Å²) in [4.78, 5) is 24.8. The van der Waals surface area contributed by atoms with Gasteiger partial charge in [0.05, 0.1) is 0 Å². The minimum atomic E-state index is -0.442. The smallest absolute Gasteiger partial charge is 0.410 e. The van der Waals surface area contributed by atoms with Crippen LogP contribution in [0.25, 0.3) is 0 Å². The molecule has 4 nitrogen and oxygen atoms in total. The van der Waals surface area contributed by atoms with Gasteiger partial charge in [0.25, 0.3) is 0 Å². The third kappa shape index (κ3) is 3.28. The number of aldehydes is 1. The van der Waals surface area contributed by atoms with Crippen LogP contribution in [0.4, 0.5) is 4.79 Å². The van der Waals surface area contributed by atoms with Gasteiger partial charge in [-0.25, -0.2) is 4.79 Å². The zero-order valence-corrected chi connectivity index (χ0v) is 12.4. The summed E-state index contributed by atoms with van der Waals surface area (Å²) in [7, 11) is 0. The molecule has 0 N–H and O–H groups in total. The average Bonchev–Trinajstić information content (AvgIpc) is 2.98. The number of amides is 1. The lowest BCUT2D eigenvalue weighted by molar-refractivity contribution is -0.109. The van der Waals surface area contributed by atoms with E-state index < -0.39 is 5.60 Å². The van der Waals surface area contributed by atoms with Gasteiger partial charge in [0.1, 0.15) is 11.9 Å². The molecule has 0 radical (unpaired) electrons. The number of piperidine rings is 1. The number of nitrogens with zero attached hydrogens (tertiary/aromatic N) is 1. The van der Waals surface area contributed by atoms with Crippen LogP contribution >= 0.6 is 0 Å². The Hall–Kier alpha value is -1.06. The standard InChI is InChI=1S/C15H25NO3/c1-10-12(9-17)13(10)11-6-5-7-16(8-11)14(18)19-15(2,3)4/h9-13H,5-8H2,1-4H3/t10-,11-,12+,13+/m1/s1. The van der Waals surface area contributed by atoms with Crippen molar-refractivity contribution >= 4 is 12.4 Å². The first kappa shape index (κ1) is 14.4. The fourth-order valence-electron chi connectivity index (χ4n) is 3.30. The van der Waals surface area contributed by atoms with Crippen molar-refractivity contribution < 1.29 is 14.3 Å². The molecule has 4 atom stereocenters. The molecule has 19 heavy (non-hydrogen) atoms. The SMILES string of the molecule is C[C@@H]1[C@H](C=O)[C@@H]1[C@@H]1CCCN(C(=O)OC(C)(C)C)C1. The molecule has 1 amide bonds. The molecule has 0 spiro atoms. The first-order valence-corrected chi connectivity index (χ1v) is 7.26. The molecule has 2 aliphatic rings. The summed E-state index contributed by atoms with van der Waals surface area (Å²) < 4.78 is 5.42. The molecule has 2 fully saturated rings. The molecule has 4 heteroatoms. The highest BCUT2D eigenvalue weighted by Gasteiger charge is 2.51. The fraction of sp³-hybridized carbons (Fsp3) is 0.867. The summed E-state index contributed by atoms with van der Waals surface area (Å²) in [6.07, 6.45) is 3.01. The maximum Gasteiger partial charge on any atom is 0.410 e. The topological polar surface area (TPSA) is 46.6 Å². The van der Waals surface area contributed by atoms with Crippen molar-refractivity contribution in [3.05, 3.63) is 0 Å². The Kier molecular flexibility index (Phi) is 3.88. The average molecular weight is 267 g/mol. The van der Waals surface area contributed by atoms with Gasteiger partial charge in [0.15, 0.2) is 0 Å². The van der Waals surface area contributed by atoms with Crippen molar-refractivity contribution in [3.8, 4) is 0 Å². The van der Waals surface area contributed by atoms with Gasteiger partial charge in [0, 0.05) is 19.0 Å². The lowest BCUT2D eigenvalue weighted by atomic mass is 9.92. The second-order valence-corrected chi connectivity index (χ2v) is 6.98. The number of rotatable bonds is 2. The molecule has 1 aliphatic carbocycles. The van der Waals surface area contributed by atoms with Crippen LogP contribution in [0, 0.1) is 23.7 Å². The zero-order chi connectivity index (χ0) is 14.2. The van der Waals surface area contributed by atoms with Gasteiger partial charge in [0.2, 0.25) is 0 Å². The second-order valence-electron chi connectivity index (χ2n) is 6.98. The van der Waals surface area contributed by atoms with E-state index >= 15 is 0 Å². The van der Waals surface area contributed by atoms with Gasteiger partial charge < -0.3 is 14.4 Å². The lowest BCUT2D eigenvalue weighted by Gasteiger charge is -2.34. The number of ether oxygens (including phenoxy) is 1. The number of carbonyl (C=O) groups is 2. The van der Waals surface area contributed by atoms with Crippen molar-refractivity contribution in [2.24, 2.45) is 23.7 Å². The summed E-state index contributed by atoms with van der Waals surface area (Å²) >= 11 is 0. The first-order chi connectivity index (χ1) is 8.83. The molecule has 2 rings (SSSR count). The molecule has 108 valence electrons. The number of carbonyl (C=O) groups excluding carboxylic acids is 2. The van der Waals surface area contributed by atoms with Crippen LogP contribution in [0.1, 0.15) is 40.5 Å². The summed E-state index contributed by atoms with van der Waals surface area (Å²) in [5.74, 6) is 1.64. The highest BCUT2D eigenvalue weighted by molar-refractivity contribution is 5.68. The summed E-state index contributed by atoms with van der Waals surface area (Å²) in [5, 5.41) is 0. The third-order valence-corrected chi connectivity index (χ3v) is 4.33. The van der Waals surface area contributed by atoms with E-state index in [1.54, 1.807) is 0 Å². The van der Waals surface area contributed by atoms with Crippen LogP contribution in [0.15, 0.2) is 0 Å². The molecule has 1 heterocycles. The van der Waals surface area contributed by atoms with Gasteiger partial charge in [-0.3, -0.25) is 0 Å². The van der Waals surface area contributed by atoms with Crippen molar-refractivity contribution in [1.29, 1.82) is 0 Å². The van der Waals surface area contributed by atoms with Crippen LogP contribution < -0.4 is 0 Å². The maximum absolute atomic E-state index is 12.1. The predicted molar refractivity (Wildman–Crippen MR) is 72.7 cm³/mol. The largest absolute Gasteiger partial charge is 0.444 e. The van der Waals surface area contributed by atoms with E-state index in [-0.39, 0.29) is 12.0 Å². The predicted octanol–water partition coefficient (Wildman–Crippen LogP) is 2.71. The molecule has 1 saturated heterocycles. The van der Waals surface area contributed by atoms with Crippen LogP contribution in [-0.2, 0) is 9.53 Å². The van der Waals surface area contributed by atoms with Crippen molar-refractivity contribution in [2.45, 2.75) is 46.1 Å². The Labute approximate surface area is 115 Å². The fourth-order valence-corrected chi connectivity index (χ4v) is 3.30. The number of likely N-dealkylation sites (tertiary alicyclic amines) is 1. The van der Waals surface area contributed by atoms with E-state index in [1.807, 2.05) is 25.7 Å². The molecule has 0 bridgehead atoms. The normalized spacial score (nSPS) is 34.8. The number of hydrogen-bond acceptors (Lipinski definition) is 3. The van der Waals surface area contributed by atoms with Gasteiger partial charge in [-0.1, -0.05) is 6.92 Å². The molecule has 1 saturated carbocycles. The molecule has 0 aromatic rings. The van der Waals surface area contributed by atoms with Crippen LogP contribution in [0.2, 0.25) is 0 Å². The molecular formula is C15H25NO3. The minimum Gasteiger partial charge on any atom is -0.444 e. The van der Waals surface area contributed by atoms with Crippen LogP contribution in [0.5, 0.6) is 0 Å². The second kappa shape index (κ2) is 5.14. The number of hydrogen-bond donors (Lipinski definition) is 0. The monoisotopic (exact) mass is 267 g/mol. The van der Waals surface area contributed by atoms with E-state index in [4.69, 9.17) is 4.74 Å². The Morgan fingerprint density at radius 2 is 2.05 bits per heavy atom. The van der Waals surface area contributed by atoms with E-state index in [1.165, 1.54) is 0 Å². The summed E-state index contributed by atoms with van der Waals surface area (Å²) in [6.45, 7) is 9.32. The maximum atomic E-state index is 12.1. The van der Waals surface area contributed by atoms with E-state index in [2.05, 4.69) is 6.92 Å². The van der Waals surface area contributed by atoms with Gasteiger partial charge in [-0.05, 0) is 51.4 Å². The Morgan fingerprint density at radius 1 is 1.37 bits per heavy atom. The molecule has 0 unspecified atom stereocenters. The highest BCUT2D eigenvalue weighted by atomic mass is 16.6. The van der Waals surface area contributed by atoms with Gasteiger partial charge >= 0.3 is 6.09 Å². The van der Waals surface area contributed by atoms with E-state index in [0.717, 1.165) is 32.2 Å². The van der Waals surface area contributed by atoms with E-state index in [9.17, 15) is 9.59 Å². The van der Waals surface area contributed by atoms with Crippen LogP contribution in [-0.4, -0.2) is 36.0 Å². The molecule has 1 aliphatic heterocycles. The quantitative estimate of drug-likeness (QED) is 0.723. The molecule has 0 aromatic carbocycles.